The van der Waals surface area contributed by atoms with Crippen molar-refractivity contribution in [1.29, 1.82) is 0 Å². The van der Waals surface area contributed by atoms with Crippen molar-refractivity contribution in [3.8, 4) is 0 Å². The highest BCUT2D eigenvalue weighted by Gasteiger charge is 2.37. The lowest BCUT2D eigenvalue weighted by atomic mass is 9.85. The molecule has 0 spiro atoms. The number of halogens is 1. The second kappa shape index (κ2) is 19.8. The minimum atomic E-state index is -4.14. The van der Waals surface area contributed by atoms with Crippen LogP contribution in [0, 0.1) is 17.2 Å². The minimum absolute atomic E-state index is 0.0302. The average Bonchev–Trinajstić information content (AvgIpc) is 3.09. The van der Waals surface area contributed by atoms with Gasteiger partial charge in [-0.2, -0.15) is 4.31 Å². The monoisotopic (exact) mass is 797 g/mol. The topological polar surface area (TPSA) is 178 Å². The van der Waals surface area contributed by atoms with Crippen LogP contribution in [0.25, 0.3) is 0 Å². The molecule has 0 heterocycles. The van der Waals surface area contributed by atoms with Gasteiger partial charge in [-0.1, -0.05) is 94.4 Å². The van der Waals surface area contributed by atoms with Crippen LogP contribution < -0.4 is 10.6 Å². The molecule has 0 aliphatic carbocycles. The van der Waals surface area contributed by atoms with Crippen LogP contribution in [0.3, 0.4) is 0 Å². The molecule has 0 fully saturated rings. The first-order valence-corrected chi connectivity index (χ1v) is 19.8. The predicted molar refractivity (Wildman–Crippen MR) is 212 cm³/mol. The summed E-state index contributed by atoms with van der Waals surface area (Å²) in [6.45, 7) is 13.0. The number of nitrogens with zero attached hydrogens (tertiary/aromatic N) is 3. The Morgan fingerprint density at radius 2 is 1.52 bits per heavy atom. The van der Waals surface area contributed by atoms with Crippen molar-refractivity contribution in [3.05, 3.63) is 101 Å². The summed E-state index contributed by atoms with van der Waals surface area (Å²) in [5.74, 6) is -1.96. The van der Waals surface area contributed by atoms with E-state index in [4.69, 9.17) is 9.94 Å². The SMILES string of the molecule is CC(C)CN(C[C@@H](O)[C@H](Cc1ccccc1)NC(=O)[C@H](NC(=O)CN(Cc1cccc(F)c1)C(=O)OC(C)(C)C)C(C)(C)C)S(=O)(=O)c1ccc(C=NO)cc1. The zero-order valence-electron chi connectivity index (χ0n) is 33.4. The van der Waals surface area contributed by atoms with Gasteiger partial charge in [-0.15, -0.1) is 0 Å². The zero-order chi connectivity index (χ0) is 41.8. The third kappa shape index (κ3) is 14.3. The van der Waals surface area contributed by atoms with Crippen LogP contribution in [0.4, 0.5) is 9.18 Å². The number of hydrogen-bond acceptors (Lipinski definition) is 9. The van der Waals surface area contributed by atoms with E-state index in [1.165, 1.54) is 53.0 Å². The highest BCUT2D eigenvalue weighted by atomic mass is 32.2. The molecule has 3 amide bonds. The van der Waals surface area contributed by atoms with Crippen LogP contribution in [0.2, 0.25) is 0 Å². The number of oxime groups is 1. The molecule has 3 aromatic carbocycles. The van der Waals surface area contributed by atoms with Gasteiger partial charge in [0.05, 0.1) is 23.3 Å². The molecule has 0 saturated heterocycles. The number of ether oxygens (including phenoxy) is 1. The highest BCUT2D eigenvalue weighted by Crippen LogP contribution is 2.23. The fourth-order valence-electron chi connectivity index (χ4n) is 5.80. The molecule has 3 rings (SSSR count). The number of sulfonamides is 1. The maximum atomic E-state index is 14.2. The Bertz CT molecular complexity index is 1900. The number of hydrogen-bond donors (Lipinski definition) is 4. The van der Waals surface area contributed by atoms with Gasteiger partial charge in [0, 0.05) is 19.6 Å². The van der Waals surface area contributed by atoms with Gasteiger partial charge in [0.15, 0.2) is 0 Å². The fourth-order valence-corrected chi connectivity index (χ4v) is 7.42. The van der Waals surface area contributed by atoms with E-state index in [0.717, 1.165) is 10.5 Å². The molecule has 13 nitrogen and oxygen atoms in total. The van der Waals surface area contributed by atoms with E-state index >= 15 is 0 Å². The maximum Gasteiger partial charge on any atom is 0.411 e. The number of benzene rings is 3. The summed E-state index contributed by atoms with van der Waals surface area (Å²) in [7, 11) is -4.14. The Balaban J connectivity index is 1.90. The molecule has 0 unspecified atom stereocenters. The van der Waals surface area contributed by atoms with Crippen molar-refractivity contribution in [2.45, 2.75) is 97.0 Å². The van der Waals surface area contributed by atoms with Crippen LogP contribution >= 0.6 is 0 Å². The Labute approximate surface area is 330 Å². The summed E-state index contributed by atoms with van der Waals surface area (Å²) >= 11 is 0. The molecular formula is C41H56FN5O8S. The summed E-state index contributed by atoms with van der Waals surface area (Å²) in [5, 5.41) is 29.3. The Hall–Kier alpha value is -4.86. The lowest BCUT2D eigenvalue weighted by Crippen LogP contribution is -2.59. The van der Waals surface area contributed by atoms with Crippen molar-refractivity contribution < 1.29 is 42.2 Å². The summed E-state index contributed by atoms with van der Waals surface area (Å²) in [6.07, 6.45) is -0.918. The molecule has 0 aliphatic rings. The van der Waals surface area contributed by atoms with Crippen molar-refractivity contribution in [2.24, 2.45) is 16.5 Å². The second-order valence-electron chi connectivity index (χ2n) is 16.2. The largest absolute Gasteiger partial charge is 0.444 e. The molecule has 0 aliphatic heterocycles. The molecule has 0 saturated carbocycles. The molecule has 0 bridgehead atoms. The number of carbonyl (C=O) groups is 3. The summed E-state index contributed by atoms with van der Waals surface area (Å²) in [5.41, 5.74) is -0.0925. The number of amides is 3. The van der Waals surface area contributed by atoms with Crippen LogP contribution in [-0.2, 0) is 37.3 Å². The van der Waals surface area contributed by atoms with E-state index < -0.39 is 69.5 Å². The van der Waals surface area contributed by atoms with Crippen molar-refractivity contribution in [1.82, 2.24) is 19.8 Å². The molecule has 0 aromatic heterocycles. The van der Waals surface area contributed by atoms with Gasteiger partial charge < -0.3 is 25.7 Å². The van der Waals surface area contributed by atoms with E-state index in [1.807, 2.05) is 32.0 Å². The normalized spacial score (nSPS) is 14.0. The van der Waals surface area contributed by atoms with Gasteiger partial charge >= 0.3 is 6.09 Å². The average molecular weight is 798 g/mol. The van der Waals surface area contributed by atoms with Gasteiger partial charge in [-0.25, -0.2) is 17.6 Å². The zero-order valence-corrected chi connectivity index (χ0v) is 34.2. The van der Waals surface area contributed by atoms with E-state index in [2.05, 4.69) is 15.8 Å². The van der Waals surface area contributed by atoms with Crippen molar-refractivity contribution >= 4 is 34.1 Å². The number of nitrogens with one attached hydrogen (secondary N) is 2. The highest BCUT2D eigenvalue weighted by molar-refractivity contribution is 7.89. The van der Waals surface area contributed by atoms with Crippen LogP contribution in [0.1, 0.15) is 72.1 Å². The molecule has 15 heteroatoms. The van der Waals surface area contributed by atoms with E-state index in [-0.39, 0.29) is 36.9 Å². The molecule has 4 N–H and O–H groups in total. The van der Waals surface area contributed by atoms with E-state index in [1.54, 1.807) is 59.7 Å². The van der Waals surface area contributed by atoms with Crippen LogP contribution in [0.15, 0.2) is 88.9 Å². The third-order valence-electron chi connectivity index (χ3n) is 8.46. The standard InChI is InChI=1S/C41H56FN5O8S/c1-28(2)24-47(56(53,54)33-19-17-30(18-20-33)23-43-52)26-35(48)34(22-29-13-10-9-11-14-29)44-38(50)37(40(3,4)5)45-36(49)27-46(39(51)55-41(6,7)8)25-31-15-12-16-32(42)21-31/h9-21,23,28,34-35,37,48,52H,22,24-27H2,1-8H3,(H,44,50)(H,45,49)/t34-,35+,37-/m0/s1. The lowest BCUT2D eigenvalue weighted by molar-refractivity contribution is -0.133. The molecule has 0 radical (unpaired) electrons. The lowest BCUT2D eigenvalue weighted by Gasteiger charge is -2.35. The van der Waals surface area contributed by atoms with E-state index in [0.29, 0.717) is 11.1 Å². The van der Waals surface area contributed by atoms with Gasteiger partial charge in [-0.05, 0) is 79.5 Å². The predicted octanol–water partition coefficient (Wildman–Crippen LogP) is 5.34. The molecule has 3 atom stereocenters. The number of aliphatic hydroxyl groups is 1. The number of aliphatic hydroxyl groups excluding tert-OH is 1. The summed E-state index contributed by atoms with van der Waals surface area (Å²) in [6, 6.07) is 18.2. The van der Waals surface area contributed by atoms with Crippen molar-refractivity contribution in [2.75, 3.05) is 19.6 Å². The molecular weight excluding hydrogens is 742 g/mol. The Morgan fingerprint density at radius 1 is 0.893 bits per heavy atom. The third-order valence-corrected chi connectivity index (χ3v) is 10.3. The van der Waals surface area contributed by atoms with Gasteiger partial charge in [0.2, 0.25) is 21.8 Å². The fraction of sp³-hybridized carbons (Fsp3) is 0.463. The first kappa shape index (κ1) is 45.5. The molecule has 3 aromatic rings. The van der Waals surface area contributed by atoms with Gasteiger partial charge in [-0.3, -0.25) is 14.5 Å². The molecule has 306 valence electrons. The van der Waals surface area contributed by atoms with Crippen LogP contribution in [-0.4, -0.2) is 95.5 Å². The first-order valence-electron chi connectivity index (χ1n) is 18.4. The minimum Gasteiger partial charge on any atom is -0.444 e. The maximum absolute atomic E-state index is 14.2. The number of rotatable bonds is 17. The smallest absolute Gasteiger partial charge is 0.411 e. The Kier molecular flexibility index (Phi) is 16.1. The van der Waals surface area contributed by atoms with Gasteiger partial charge in [0.1, 0.15) is 24.0 Å². The van der Waals surface area contributed by atoms with Crippen molar-refractivity contribution in [3.63, 3.8) is 0 Å². The van der Waals surface area contributed by atoms with Gasteiger partial charge in [0.25, 0.3) is 0 Å². The second-order valence-corrected chi connectivity index (χ2v) is 18.2. The summed E-state index contributed by atoms with van der Waals surface area (Å²) in [4.78, 5) is 42.1. The Morgan fingerprint density at radius 3 is 2.07 bits per heavy atom. The summed E-state index contributed by atoms with van der Waals surface area (Å²) < 4.78 is 48.6. The van der Waals surface area contributed by atoms with Crippen LogP contribution in [0.5, 0.6) is 0 Å². The number of carbonyl (C=O) groups excluding carboxylic acids is 3. The molecule has 56 heavy (non-hydrogen) atoms. The quantitative estimate of drug-likeness (QED) is 0.0804. The van der Waals surface area contributed by atoms with E-state index in [9.17, 15) is 32.3 Å². The first-order chi connectivity index (χ1) is 26.1.